The van der Waals surface area contributed by atoms with Crippen LogP contribution in [0.2, 0.25) is 0 Å². The van der Waals surface area contributed by atoms with Gasteiger partial charge in [0, 0.05) is 43.2 Å². The summed E-state index contributed by atoms with van der Waals surface area (Å²) in [6.07, 6.45) is 3.58. The number of anilines is 1. The van der Waals surface area contributed by atoms with Gasteiger partial charge in [-0.2, -0.15) is 5.10 Å². The van der Waals surface area contributed by atoms with Crippen LogP contribution in [0.1, 0.15) is 15.9 Å². The molecule has 8 heteroatoms. The Labute approximate surface area is 196 Å². The van der Waals surface area contributed by atoms with Crippen molar-refractivity contribution in [1.29, 1.82) is 0 Å². The van der Waals surface area contributed by atoms with E-state index >= 15 is 0 Å². The Hall–Kier alpha value is -4.04. The highest BCUT2D eigenvalue weighted by Gasteiger charge is 2.21. The van der Waals surface area contributed by atoms with Crippen molar-refractivity contribution in [1.82, 2.24) is 20.1 Å². The highest BCUT2D eigenvalue weighted by atomic mass is 19.1. The Morgan fingerprint density at radius 2 is 1.76 bits per heavy atom. The Morgan fingerprint density at radius 1 is 1.00 bits per heavy atom. The lowest BCUT2D eigenvalue weighted by atomic mass is 10.1. The predicted octanol–water partition coefficient (Wildman–Crippen LogP) is 3.84. The number of nitrogens with one attached hydrogen (secondary N) is 1. The van der Waals surface area contributed by atoms with Crippen LogP contribution in [0.15, 0.2) is 79.1 Å². The van der Waals surface area contributed by atoms with Crippen molar-refractivity contribution >= 4 is 11.7 Å². The number of nitrogens with zero attached hydrogens (tertiary/aromatic N) is 4. The zero-order valence-electron chi connectivity index (χ0n) is 18.5. The molecule has 7 nitrogen and oxygen atoms in total. The standard InChI is InChI=1S/C26H24FN5O2/c27-21-10-8-19(9-11-21)24-20(18-32(30-24)22-5-2-1-3-6-22)17-29-26(33)23-7-4-12-28-25(23)31-13-15-34-16-14-31/h1-12,18H,13-17H2,(H,29,33). The molecule has 0 spiro atoms. The van der Waals surface area contributed by atoms with Gasteiger partial charge in [0.1, 0.15) is 11.6 Å². The van der Waals surface area contributed by atoms with Gasteiger partial charge in [-0.3, -0.25) is 4.79 Å². The van der Waals surface area contributed by atoms with Gasteiger partial charge in [0.05, 0.1) is 30.2 Å². The van der Waals surface area contributed by atoms with E-state index in [-0.39, 0.29) is 18.3 Å². The maximum Gasteiger partial charge on any atom is 0.255 e. The minimum absolute atomic E-state index is 0.216. The Kier molecular flexibility index (Phi) is 6.31. The normalized spacial score (nSPS) is 13.6. The zero-order chi connectivity index (χ0) is 23.3. The fourth-order valence-corrected chi connectivity index (χ4v) is 3.97. The molecule has 0 bridgehead atoms. The summed E-state index contributed by atoms with van der Waals surface area (Å²) < 4.78 is 20.7. The molecule has 3 heterocycles. The van der Waals surface area contributed by atoms with Crippen LogP contribution in [0.5, 0.6) is 0 Å². The molecule has 2 aromatic heterocycles. The van der Waals surface area contributed by atoms with Crippen molar-refractivity contribution in [3.63, 3.8) is 0 Å². The Balaban J connectivity index is 1.42. The predicted molar refractivity (Wildman–Crippen MR) is 127 cm³/mol. The summed E-state index contributed by atoms with van der Waals surface area (Å²) in [6, 6.07) is 19.4. The SMILES string of the molecule is O=C(NCc1cn(-c2ccccc2)nc1-c1ccc(F)cc1)c1cccnc1N1CCOCC1. The Morgan fingerprint density at radius 3 is 2.53 bits per heavy atom. The highest BCUT2D eigenvalue weighted by Crippen LogP contribution is 2.25. The van der Waals surface area contributed by atoms with E-state index in [4.69, 9.17) is 9.84 Å². The summed E-state index contributed by atoms with van der Waals surface area (Å²) in [5.74, 6) is 0.127. The first-order chi connectivity index (χ1) is 16.7. The lowest BCUT2D eigenvalue weighted by Gasteiger charge is -2.29. The molecule has 2 aromatic carbocycles. The molecule has 0 radical (unpaired) electrons. The molecule has 0 atom stereocenters. The van der Waals surface area contributed by atoms with Crippen molar-refractivity contribution in [2.75, 3.05) is 31.2 Å². The third kappa shape index (κ3) is 4.67. The second-order valence-electron chi connectivity index (χ2n) is 7.95. The van der Waals surface area contributed by atoms with Crippen LogP contribution in [0.4, 0.5) is 10.2 Å². The van der Waals surface area contributed by atoms with Crippen LogP contribution < -0.4 is 10.2 Å². The number of aromatic nitrogens is 3. The molecule has 34 heavy (non-hydrogen) atoms. The van der Waals surface area contributed by atoms with Gasteiger partial charge in [0.2, 0.25) is 0 Å². The van der Waals surface area contributed by atoms with Gasteiger partial charge in [0.15, 0.2) is 0 Å². The largest absolute Gasteiger partial charge is 0.378 e. The van der Waals surface area contributed by atoms with Crippen molar-refractivity contribution in [3.8, 4) is 16.9 Å². The molecule has 4 aromatic rings. The molecule has 1 N–H and O–H groups in total. The minimum atomic E-state index is -0.312. The molecule has 0 saturated carbocycles. The maximum absolute atomic E-state index is 13.5. The van der Waals surface area contributed by atoms with Crippen molar-refractivity contribution < 1.29 is 13.9 Å². The first-order valence-corrected chi connectivity index (χ1v) is 11.1. The molecule has 5 rings (SSSR count). The molecule has 172 valence electrons. The molecular formula is C26H24FN5O2. The first-order valence-electron chi connectivity index (χ1n) is 11.1. The number of carbonyl (C=O) groups excluding carboxylic acids is 1. The molecule has 1 aliphatic heterocycles. The topological polar surface area (TPSA) is 72.3 Å². The van der Waals surface area contributed by atoms with Crippen LogP contribution in [0.25, 0.3) is 16.9 Å². The zero-order valence-corrected chi connectivity index (χ0v) is 18.5. The monoisotopic (exact) mass is 457 g/mol. The number of hydrogen-bond acceptors (Lipinski definition) is 5. The average Bonchev–Trinajstić information content (AvgIpc) is 3.33. The molecule has 0 unspecified atom stereocenters. The summed E-state index contributed by atoms with van der Waals surface area (Å²) in [5.41, 5.74) is 3.69. The first kappa shape index (κ1) is 21.8. The number of amides is 1. The fraction of sp³-hybridized carbons (Fsp3) is 0.192. The number of pyridine rings is 1. The second kappa shape index (κ2) is 9.84. The van der Waals surface area contributed by atoms with Crippen LogP contribution >= 0.6 is 0 Å². The van der Waals surface area contributed by atoms with Crippen LogP contribution in [0, 0.1) is 5.82 Å². The van der Waals surface area contributed by atoms with Gasteiger partial charge in [0.25, 0.3) is 5.91 Å². The number of hydrogen-bond donors (Lipinski definition) is 1. The summed E-state index contributed by atoms with van der Waals surface area (Å²) in [7, 11) is 0. The van der Waals surface area contributed by atoms with Crippen molar-refractivity contribution in [2.24, 2.45) is 0 Å². The smallest absolute Gasteiger partial charge is 0.255 e. The average molecular weight is 458 g/mol. The van der Waals surface area contributed by atoms with Gasteiger partial charge in [-0.05, 0) is 48.5 Å². The molecule has 1 fully saturated rings. The molecule has 1 saturated heterocycles. The third-order valence-electron chi connectivity index (χ3n) is 5.71. The van der Waals surface area contributed by atoms with E-state index in [9.17, 15) is 9.18 Å². The summed E-state index contributed by atoms with van der Waals surface area (Å²) >= 11 is 0. The number of halogens is 1. The maximum atomic E-state index is 13.5. The lowest BCUT2D eigenvalue weighted by molar-refractivity contribution is 0.0949. The summed E-state index contributed by atoms with van der Waals surface area (Å²) in [4.78, 5) is 19.7. The molecule has 0 aliphatic carbocycles. The van der Waals surface area contributed by atoms with Crippen molar-refractivity contribution in [3.05, 3.63) is 96.1 Å². The number of carbonyl (C=O) groups is 1. The number of rotatable bonds is 6. The van der Waals surface area contributed by atoms with E-state index < -0.39 is 0 Å². The van der Waals surface area contributed by atoms with Gasteiger partial charge >= 0.3 is 0 Å². The van der Waals surface area contributed by atoms with Crippen LogP contribution in [-0.4, -0.2) is 47.0 Å². The quantitative estimate of drug-likeness (QED) is 0.476. The van der Waals surface area contributed by atoms with Gasteiger partial charge in [-0.25, -0.2) is 14.1 Å². The van der Waals surface area contributed by atoms with Crippen molar-refractivity contribution in [2.45, 2.75) is 6.54 Å². The van der Waals surface area contributed by atoms with E-state index in [1.54, 1.807) is 35.1 Å². The van der Waals surface area contributed by atoms with E-state index in [1.807, 2.05) is 36.5 Å². The van der Waals surface area contributed by atoms with Gasteiger partial charge < -0.3 is 15.0 Å². The van der Waals surface area contributed by atoms with Gasteiger partial charge in [-0.15, -0.1) is 0 Å². The van der Waals surface area contributed by atoms with E-state index in [0.29, 0.717) is 43.4 Å². The van der Waals surface area contributed by atoms with Gasteiger partial charge in [-0.1, -0.05) is 18.2 Å². The molecular weight excluding hydrogens is 433 g/mol. The second-order valence-corrected chi connectivity index (χ2v) is 7.95. The highest BCUT2D eigenvalue weighted by molar-refractivity contribution is 5.99. The number of morpholine rings is 1. The molecule has 1 amide bonds. The third-order valence-corrected chi connectivity index (χ3v) is 5.71. The number of para-hydroxylation sites is 1. The minimum Gasteiger partial charge on any atom is -0.378 e. The van der Waals surface area contributed by atoms with Crippen LogP contribution in [-0.2, 0) is 11.3 Å². The lowest BCUT2D eigenvalue weighted by Crippen LogP contribution is -2.38. The van der Waals surface area contributed by atoms with E-state index in [1.165, 1.54) is 12.1 Å². The molecule has 1 aliphatic rings. The van der Waals surface area contributed by atoms with E-state index in [0.717, 1.165) is 16.8 Å². The number of ether oxygens (including phenoxy) is 1. The van der Waals surface area contributed by atoms with Crippen LogP contribution in [0.3, 0.4) is 0 Å². The summed E-state index contributed by atoms with van der Waals surface area (Å²) in [6.45, 7) is 2.86. The van der Waals surface area contributed by atoms with E-state index in [2.05, 4.69) is 15.2 Å². The fourth-order valence-electron chi connectivity index (χ4n) is 3.97. The summed E-state index contributed by atoms with van der Waals surface area (Å²) in [5, 5.41) is 7.75. The Bertz CT molecular complexity index is 1270. The number of benzene rings is 2.